The van der Waals surface area contributed by atoms with Gasteiger partial charge >= 0.3 is 11.9 Å². The summed E-state index contributed by atoms with van der Waals surface area (Å²) in [7, 11) is 1.30. The van der Waals surface area contributed by atoms with E-state index >= 15 is 0 Å². The van der Waals surface area contributed by atoms with Gasteiger partial charge in [0.05, 0.1) is 26.7 Å². The van der Waals surface area contributed by atoms with Gasteiger partial charge in [-0.3, -0.25) is 9.59 Å². The van der Waals surface area contributed by atoms with Crippen molar-refractivity contribution in [1.82, 2.24) is 0 Å². The van der Waals surface area contributed by atoms with E-state index in [0.29, 0.717) is 31.9 Å². The summed E-state index contributed by atoms with van der Waals surface area (Å²) in [5.41, 5.74) is 1.59. The average Bonchev–Trinajstić information content (AvgIpc) is 2.54. The minimum absolute atomic E-state index is 0.0172. The number of esters is 2. The Hall–Kier alpha value is -1.96. The molecule has 0 radical (unpaired) electrons. The number of carbonyl (C=O) groups is 2. The van der Waals surface area contributed by atoms with Crippen molar-refractivity contribution < 1.29 is 29.3 Å². The molecular formula is C17H17BrO6. The number of methoxy groups -OCH3 is 1. The normalized spacial score (nSPS) is 10.7. The SMILES string of the molecule is COC(=O)Cc1cc(OC(C)=O)c2c(CO)c(CO)cc(Br)c2c1. The van der Waals surface area contributed by atoms with Gasteiger partial charge in [0.1, 0.15) is 5.75 Å². The van der Waals surface area contributed by atoms with Crippen molar-refractivity contribution in [3.63, 3.8) is 0 Å². The lowest BCUT2D eigenvalue weighted by Crippen LogP contribution is -2.08. The van der Waals surface area contributed by atoms with Crippen molar-refractivity contribution in [1.29, 1.82) is 0 Å². The fourth-order valence-electron chi connectivity index (χ4n) is 2.55. The summed E-state index contributed by atoms with van der Waals surface area (Å²) < 4.78 is 10.6. The van der Waals surface area contributed by atoms with Crippen LogP contribution < -0.4 is 4.74 Å². The smallest absolute Gasteiger partial charge is 0.309 e. The average molecular weight is 397 g/mol. The molecule has 128 valence electrons. The number of carbonyl (C=O) groups excluding carboxylic acids is 2. The molecule has 0 aliphatic carbocycles. The highest BCUT2D eigenvalue weighted by Gasteiger charge is 2.18. The van der Waals surface area contributed by atoms with Crippen LogP contribution in [-0.4, -0.2) is 29.3 Å². The lowest BCUT2D eigenvalue weighted by molar-refractivity contribution is -0.139. The minimum atomic E-state index is -0.527. The first-order valence-corrected chi connectivity index (χ1v) is 7.94. The van der Waals surface area contributed by atoms with Crippen molar-refractivity contribution >= 4 is 38.6 Å². The van der Waals surface area contributed by atoms with Gasteiger partial charge in [-0.05, 0) is 34.9 Å². The highest BCUT2D eigenvalue weighted by atomic mass is 79.9. The second kappa shape index (κ2) is 7.74. The molecule has 0 fully saturated rings. The number of hydrogen-bond donors (Lipinski definition) is 2. The second-order valence-electron chi connectivity index (χ2n) is 5.18. The predicted molar refractivity (Wildman–Crippen MR) is 90.5 cm³/mol. The summed E-state index contributed by atoms with van der Waals surface area (Å²) >= 11 is 3.42. The number of benzene rings is 2. The van der Waals surface area contributed by atoms with Gasteiger partial charge in [0, 0.05) is 22.2 Å². The molecule has 0 unspecified atom stereocenters. The molecule has 0 atom stereocenters. The van der Waals surface area contributed by atoms with E-state index in [4.69, 9.17) is 4.74 Å². The number of halogens is 1. The van der Waals surface area contributed by atoms with E-state index in [1.807, 2.05) is 0 Å². The van der Waals surface area contributed by atoms with E-state index in [9.17, 15) is 19.8 Å². The van der Waals surface area contributed by atoms with Gasteiger partial charge in [0.15, 0.2) is 0 Å². The number of fused-ring (bicyclic) bond motifs is 1. The Balaban J connectivity index is 2.79. The summed E-state index contributed by atoms with van der Waals surface area (Å²) in [6.07, 6.45) is 0.0172. The molecule has 0 aromatic heterocycles. The van der Waals surface area contributed by atoms with Crippen molar-refractivity contribution in [2.75, 3.05) is 7.11 Å². The van der Waals surface area contributed by atoms with Gasteiger partial charge in [-0.1, -0.05) is 15.9 Å². The molecule has 2 aromatic carbocycles. The van der Waals surface area contributed by atoms with Gasteiger partial charge in [0.25, 0.3) is 0 Å². The third kappa shape index (κ3) is 3.75. The Morgan fingerprint density at radius 1 is 1.17 bits per heavy atom. The monoisotopic (exact) mass is 396 g/mol. The number of aliphatic hydroxyl groups is 2. The van der Waals surface area contributed by atoms with E-state index in [2.05, 4.69) is 20.7 Å². The molecule has 0 amide bonds. The van der Waals surface area contributed by atoms with Crippen LogP contribution in [0.25, 0.3) is 10.8 Å². The Morgan fingerprint density at radius 3 is 2.42 bits per heavy atom. The van der Waals surface area contributed by atoms with Gasteiger partial charge < -0.3 is 19.7 Å². The van der Waals surface area contributed by atoms with Crippen LogP contribution in [0.15, 0.2) is 22.7 Å². The third-order valence-corrected chi connectivity index (χ3v) is 4.22. The van der Waals surface area contributed by atoms with Crippen LogP contribution in [0.3, 0.4) is 0 Å². The summed E-state index contributed by atoms with van der Waals surface area (Å²) in [5.74, 6) is -0.728. The van der Waals surface area contributed by atoms with Crippen LogP contribution in [0.4, 0.5) is 0 Å². The number of ether oxygens (including phenoxy) is 2. The first-order chi connectivity index (χ1) is 11.4. The van der Waals surface area contributed by atoms with E-state index in [1.165, 1.54) is 14.0 Å². The van der Waals surface area contributed by atoms with Crippen LogP contribution in [0.2, 0.25) is 0 Å². The van der Waals surface area contributed by atoms with Crippen LogP contribution in [-0.2, 0) is 34.0 Å². The van der Waals surface area contributed by atoms with Crippen LogP contribution >= 0.6 is 15.9 Å². The zero-order chi connectivity index (χ0) is 17.9. The van der Waals surface area contributed by atoms with Gasteiger partial charge in [-0.2, -0.15) is 0 Å². The fraction of sp³-hybridized carbons (Fsp3) is 0.294. The molecule has 6 nitrogen and oxygen atoms in total. The molecule has 0 aliphatic rings. The van der Waals surface area contributed by atoms with E-state index in [1.54, 1.807) is 18.2 Å². The third-order valence-electron chi connectivity index (χ3n) is 3.57. The fourth-order valence-corrected chi connectivity index (χ4v) is 3.14. The maximum atomic E-state index is 11.5. The summed E-state index contributed by atoms with van der Waals surface area (Å²) in [4.78, 5) is 23.0. The largest absolute Gasteiger partial charge is 0.469 e. The molecule has 7 heteroatoms. The quantitative estimate of drug-likeness (QED) is 0.594. The summed E-state index contributed by atoms with van der Waals surface area (Å²) in [6.45, 7) is 0.667. The molecular weight excluding hydrogens is 380 g/mol. The minimum Gasteiger partial charge on any atom is -0.469 e. The molecule has 0 saturated heterocycles. The maximum absolute atomic E-state index is 11.5. The maximum Gasteiger partial charge on any atom is 0.309 e. The lowest BCUT2D eigenvalue weighted by Gasteiger charge is -2.16. The standard InChI is InChI=1S/C17H17BrO6/c1-9(21)24-15-4-10(5-16(22)23-2)3-12-14(18)6-11(7-19)13(8-20)17(12)15/h3-4,6,19-20H,5,7-8H2,1-2H3. The van der Waals surface area contributed by atoms with Crippen molar-refractivity contribution in [3.8, 4) is 5.75 Å². The van der Waals surface area contributed by atoms with Crippen LogP contribution in [0.5, 0.6) is 5.75 Å². The zero-order valence-corrected chi connectivity index (χ0v) is 14.8. The highest BCUT2D eigenvalue weighted by Crippen LogP contribution is 2.38. The molecule has 0 aliphatic heterocycles. The Bertz CT molecular complexity index is 800. The first kappa shape index (κ1) is 18.4. The molecule has 0 spiro atoms. The molecule has 24 heavy (non-hydrogen) atoms. The van der Waals surface area contributed by atoms with E-state index in [0.717, 1.165) is 0 Å². The van der Waals surface area contributed by atoms with Gasteiger partial charge in [0.2, 0.25) is 0 Å². The van der Waals surface area contributed by atoms with Crippen molar-refractivity contribution in [2.24, 2.45) is 0 Å². The molecule has 2 aromatic rings. The Labute approximate surface area is 147 Å². The molecule has 0 bridgehead atoms. The molecule has 2 rings (SSSR count). The van der Waals surface area contributed by atoms with Crippen LogP contribution in [0.1, 0.15) is 23.6 Å². The molecule has 0 saturated carbocycles. The van der Waals surface area contributed by atoms with Crippen molar-refractivity contribution in [2.45, 2.75) is 26.6 Å². The number of rotatable bonds is 5. The Morgan fingerprint density at radius 2 is 1.88 bits per heavy atom. The lowest BCUT2D eigenvalue weighted by atomic mass is 9.96. The Kier molecular flexibility index (Phi) is 5.93. The van der Waals surface area contributed by atoms with Gasteiger partial charge in [-0.25, -0.2) is 0 Å². The summed E-state index contributed by atoms with van der Waals surface area (Å²) in [6, 6.07) is 5.00. The van der Waals surface area contributed by atoms with E-state index in [-0.39, 0.29) is 25.4 Å². The predicted octanol–water partition coefficient (Wildman–Crippen LogP) is 2.23. The molecule has 0 heterocycles. The zero-order valence-electron chi connectivity index (χ0n) is 13.3. The van der Waals surface area contributed by atoms with Gasteiger partial charge in [-0.15, -0.1) is 0 Å². The van der Waals surface area contributed by atoms with E-state index < -0.39 is 11.9 Å². The van der Waals surface area contributed by atoms with Crippen molar-refractivity contribution in [3.05, 3.63) is 39.4 Å². The topological polar surface area (TPSA) is 93.1 Å². The second-order valence-corrected chi connectivity index (χ2v) is 6.03. The number of hydrogen-bond acceptors (Lipinski definition) is 6. The first-order valence-electron chi connectivity index (χ1n) is 7.15. The van der Waals surface area contributed by atoms with Crippen LogP contribution in [0, 0.1) is 0 Å². The number of aliphatic hydroxyl groups excluding tert-OH is 2. The summed E-state index contributed by atoms with van der Waals surface area (Å²) in [5, 5.41) is 20.4. The highest BCUT2D eigenvalue weighted by molar-refractivity contribution is 9.10. The molecule has 2 N–H and O–H groups in total.